The van der Waals surface area contributed by atoms with Gasteiger partial charge in [0.1, 0.15) is 0 Å². The topological polar surface area (TPSA) is 12.0 Å². The third-order valence-corrected chi connectivity index (χ3v) is 3.26. The lowest BCUT2D eigenvalue weighted by molar-refractivity contribution is 0.719. The first-order chi connectivity index (χ1) is 7.54. The monoisotopic (exact) mass is 321 g/mol. The minimum atomic E-state index is 0.314. The predicted octanol–water partition coefficient (Wildman–Crippen LogP) is 5.52. The third-order valence-electron chi connectivity index (χ3n) is 2.20. The molecule has 0 bridgehead atoms. The van der Waals surface area contributed by atoms with E-state index in [9.17, 15) is 0 Å². The molecule has 4 heteroatoms. The van der Waals surface area contributed by atoms with Crippen LogP contribution in [0.3, 0.4) is 0 Å². The standard InChI is InChI=1S/C12H14BrCl2N/c1-3-4-5-8(2)16-12-10(14)6-9(13)7-11(12)15/h3,6-8,16H,1,4-5H2,2H3. The van der Waals surface area contributed by atoms with Crippen LogP contribution in [-0.4, -0.2) is 6.04 Å². The molecule has 0 radical (unpaired) electrons. The summed E-state index contributed by atoms with van der Waals surface area (Å²) in [4.78, 5) is 0. The van der Waals surface area contributed by atoms with Crippen LogP contribution in [0.2, 0.25) is 10.0 Å². The van der Waals surface area contributed by atoms with E-state index < -0.39 is 0 Å². The Hall–Kier alpha value is -0.180. The van der Waals surface area contributed by atoms with E-state index in [4.69, 9.17) is 23.2 Å². The van der Waals surface area contributed by atoms with Crippen molar-refractivity contribution in [3.63, 3.8) is 0 Å². The van der Waals surface area contributed by atoms with Gasteiger partial charge in [0.25, 0.3) is 0 Å². The van der Waals surface area contributed by atoms with Gasteiger partial charge in [-0.1, -0.05) is 45.2 Å². The van der Waals surface area contributed by atoms with Gasteiger partial charge in [-0.15, -0.1) is 6.58 Å². The number of hydrogen-bond acceptors (Lipinski definition) is 1. The molecule has 1 aromatic carbocycles. The Morgan fingerprint density at radius 1 is 1.44 bits per heavy atom. The van der Waals surface area contributed by atoms with Gasteiger partial charge >= 0.3 is 0 Å². The maximum atomic E-state index is 6.12. The highest BCUT2D eigenvalue weighted by atomic mass is 79.9. The first kappa shape index (κ1) is 13.9. The maximum absolute atomic E-state index is 6.12. The van der Waals surface area contributed by atoms with E-state index in [1.165, 1.54) is 0 Å². The van der Waals surface area contributed by atoms with Crippen molar-refractivity contribution in [3.05, 3.63) is 39.3 Å². The summed E-state index contributed by atoms with van der Waals surface area (Å²) >= 11 is 15.6. The number of benzene rings is 1. The largest absolute Gasteiger partial charge is 0.380 e. The van der Waals surface area contributed by atoms with Crippen LogP contribution in [0.5, 0.6) is 0 Å². The highest BCUT2D eigenvalue weighted by molar-refractivity contribution is 9.10. The van der Waals surface area contributed by atoms with Gasteiger partial charge < -0.3 is 5.32 Å². The molecule has 0 aromatic heterocycles. The van der Waals surface area contributed by atoms with Gasteiger partial charge in [0.2, 0.25) is 0 Å². The molecule has 1 aromatic rings. The fourth-order valence-electron chi connectivity index (χ4n) is 1.37. The normalized spacial score (nSPS) is 12.2. The summed E-state index contributed by atoms with van der Waals surface area (Å²) in [5, 5.41) is 4.57. The van der Waals surface area contributed by atoms with Crippen molar-refractivity contribution < 1.29 is 0 Å². The Labute approximate surface area is 115 Å². The average molecular weight is 323 g/mol. The first-order valence-corrected chi connectivity index (χ1v) is 6.61. The van der Waals surface area contributed by atoms with Crippen LogP contribution in [0.4, 0.5) is 5.69 Å². The highest BCUT2D eigenvalue weighted by Crippen LogP contribution is 2.34. The molecule has 0 aliphatic heterocycles. The van der Waals surface area contributed by atoms with Crippen LogP contribution in [0.25, 0.3) is 0 Å². The smallest absolute Gasteiger partial charge is 0.0721 e. The van der Waals surface area contributed by atoms with E-state index in [0.717, 1.165) is 23.0 Å². The van der Waals surface area contributed by atoms with Gasteiger partial charge in [-0.3, -0.25) is 0 Å². The average Bonchev–Trinajstić information content (AvgIpc) is 2.20. The number of rotatable bonds is 5. The highest BCUT2D eigenvalue weighted by Gasteiger charge is 2.09. The Morgan fingerprint density at radius 2 is 2.00 bits per heavy atom. The molecule has 88 valence electrons. The maximum Gasteiger partial charge on any atom is 0.0721 e. The molecular formula is C12H14BrCl2N. The summed E-state index contributed by atoms with van der Waals surface area (Å²) in [6.07, 6.45) is 3.88. The van der Waals surface area contributed by atoms with Crippen LogP contribution < -0.4 is 5.32 Å². The Kier molecular flexibility index (Phi) is 5.67. The molecule has 0 amide bonds. The lowest BCUT2D eigenvalue weighted by atomic mass is 10.1. The molecule has 1 unspecified atom stereocenters. The minimum Gasteiger partial charge on any atom is -0.380 e. The van der Waals surface area contributed by atoms with Gasteiger partial charge in [0.15, 0.2) is 0 Å². The summed E-state index contributed by atoms with van der Waals surface area (Å²) in [5.74, 6) is 0. The van der Waals surface area contributed by atoms with Crippen molar-refractivity contribution in [2.24, 2.45) is 0 Å². The molecule has 0 aliphatic carbocycles. The van der Waals surface area contributed by atoms with Crippen LogP contribution in [0.1, 0.15) is 19.8 Å². The Morgan fingerprint density at radius 3 is 2.50 bits per heavy atom. The van der Waals surface area contributed by atoms with Gasteiger partial charge in [0.05, 0.1) is 15.7 Å². The van der Waals surface area contributed by atoms with Crippen LogP contribution in [0, 0.1) is 0 Å². The van der Waals surface area contributed by atoms with E-state index in [2.05, 4.69) is 34.7 Å². The second kappa shape index (κ2) is 6.53. The second-order valence-corrected chi connectivity index (χ2v) is 5.39. The SMILES string of the molecule is C=CCCC(C)Nc1c(Cl)cc(Br)cc1Cl. The third kappa shape index (κ3) is 4.00. The minimum absolute atomic E-state index is 0.314. The Bertz CT molecular complexity index is 356. The summed E-state index contributed by atoms with van der Waals surface area (Å²) in [6.45, 7) is 5.80. The van der Waals surface area contributed by atoms with E-state index in [0.29, 0.717) is 16.1 Å². The summed E-state index contributed by atoms with van der Waals surface area (Å²) < 4.78 is 0.881. The van der Waals surface area contributed by atoms with Crippen molar-refractivity contribution in [1.29, 1.82) is 0 Å². The summed E-state index contributed by atoms with van der Waals surface area (Å²) in [7, 11) is 0. The lowest BCUT2D eigenvalue weighted by Gasteiger charge is -2.17. The van der Waals surface area contributed by atoms with Gasteiger partial charge in [-0.25, -0.2) is 0 Å². The molecule has 0 fully saturated rings. The Balaban J connectivity index is 2.76. The van der Waals surface area contributed by atoms with E-state index in [-0.39, 0.29) is 0 Å². The molecule has 0 heterocycles. The number of allylic oxidation sites excluding steroid dienone is 1. The van der Waals surface area contributed by atoms with Gasteiger partial charge in [0, 0.05) is 10.5 Å². The van der Waals surface area contributed by atoms with Crippen LogP contribution >= 0.6 is 39.1 Å². The lowest BCUT2D eigenvalue weighted by Crippen LogP contribution is -2.15. The van der Waals surface area contributed by atoms with Crippen molar-refractivity contribution in [2.45, 2.75) is 25.8 Å². The second-order valence-electron chi connectivity index (χ2n) is 3.66. The number of nitrogens with one attached hydrogen (secondary N) is 1. The van der Waals surface area contributed by atoms with Crippen LogP contribution in [0.15, 0.2) is 29.3 Å². The first-order valence-electron chi connectivity index (χ1n) is 5.06. The fourth-order valence-corrected chi connectivity index (χ4v) is 2.68. The summed E-state index contributed by atoms with van der Waals surface area (Å²) in [6, 6.07) is 3.97. The van der Waals surface area contributed by atoms with Crippen LogP contribution in [-0.2, 0) is 0 Å². The van der Waals surface area contributed by atoms with Crippen molar-refractivity contribution in [1.82, 2.24) is 0 Å². The van der Waals surface area contributed by atoms with E-state index >= 15 is 0 Å². The van der Waals surface area contributed by atoms with Crippen molar-refractivity contribution in [3.8, 4) is 0 Å². The van der Waals surface area contributed by atoms with E-state index in [1.54, 1.807) is 0 Å². The van der Waals surface area contributed by atoms with Crippen molar-refractivity contribution in [2.75, 3.05) is 5.32 Å². The molecule has 0 saturated heterocycles. The number of hydrogen-bond donors (Lipinski definition) is 1. The fraction of sp³-hybridized carbons (Fsp3) is 0.333. The molecule has 0 spiro atoms. The number of halogens is 3. The predicted molar refractivity (Wildman–Crippen MR) is 76.7 cm³/mol. The molecule has 0 saturated carbocycles. The van der Waals surface area contributed by atoms with Gasteiger partial charge in [-0.05, 0) is 31.9 Å². The molecule has 16 heavy (non-hydrogen) atoms. The molecule has 0 aliphatic rings. The zero-order chi connectivity index (χ0) is 12.1. The molecule has 1 atom stereocenters. The molecule has 1 nitrogen and oxygen atoms in total. The molecule has 1 rings (SSSR count). The zero-order valence-corrected chi connectivity index (χ0v) is 12.2. The van der Waals surface area contributed by atoms with Gasteiger partial charge in [-0.2, -0.15) is 0 Å². The quantitative estimate of drug-likeness (QED) is 0.703. The molecular weight excluding hydrogens is 309 g/mol. The zero-order valence-electron chi connectivity index (χ0n) is 9.06. The number of anilines is 1. The van der Waals surface area contributed by atoms with Crippen molar-refractivity contribution >= 4 is 44.8 Å². The summed E-state index contributed by atoms with van der Waals surface area (Å²) in [5.41, 5.74) is 0.795. The molecule has 1 N–H and O–H groups in total. The van der Waals surface area contributed by atoms with E-state index in [1.807, 2.05) is 18.2 Å².